The highest BCUT2D eigenvalue weighted by atomic mass is 19.1. The van der Waals surface area contributed by atoms with E-state index < -0.39 is 0 Å². The maximum Gasteiger partial charge on any atom is 0.123 e. The van der Waals surface area contributed by atoms with E-state index in [1.807, 2.05) is 13.0 Å². The van der Waals surface area contributed by atoms with Crippen LogP contribution in [0.5, 0.6) is 0 Å². The number of allylic oxidation sites excluding steroid dienone is 1. The van der Waals surface area contributed by atoms with Gasteiger partial charge in [-0.15, -0.1) is 0 Å². The number of halogens is 1. The third kappa shape index (κ3) is 2.65. The van der Waals surface area contributed by atoms with Crippen molar-refractivity contribution in [3.63, 3.8) is 0 Å². The maximum atomic E-state index is 12.9. The molecule has 20 heavy (non-hydrogen) atoms. The van der Waals surface area contributed by atoms with E-state index in [-0.39, 0.29) is 5.82 Å². The fraction of sp³-hybridized carbons (Fsp3) is 0.235. The molecule has 0 aliphatic rings. The Kier molecular flexibility index (Phi) is 4.05. The molecule has 0 bridgehead atoms. The smallest absolute Gasteiger partial charge is 0.123 e. The van der Waals surface area contributed by atoms with E-state index in [1.165, 1.54) is 17.8 Å². The Morgan fingerprint density at radius 3 is 2.45 bits per heavy atom. The highest BCUT2D eigenvalue weighted by molar-refractivity contribution is 5.90. The number of nitrogens with zero attached hydrogens (tertiary/aromatic N) is 2. The van der Waals surface area contributed by atoms with Gasteiger partial charge in [-0.05, 0) is 56.2 Å². The van der Waals surface area contributed by atoms with E-state index in [4.69, 9.17) is 0 Å². The molecule has 0 aliphatic heterocycles. The van der Waals surface area contributed by atoms with Gasteiger partial charge in [0, 0.05) is 17.9 Å². The monoisotopic (exact) mass is 268 g/mol. The molecule has 0 saturated carbocycles. The van der Waals surface area contributed by atoms with Crippen LogP contribution in [0.4, 0.5) is 4.39 Å². The van der Waals surface area contributed by atoms with E-state index >= 15 is 0 Å². The van der Waals surface area contributed by atoms with Gasteiger partial charge in [0.25, 0.3) is 0 Å². The van der Waals surface area contributed by atoms with Crippen molar-refractivity contribution in [2.24, 2.45) is 0 Å². The molecule has 0 amide bonds. The van der Waals surface area contributed by atoms with Crippen molar-refractivity contribution in [1.29, 1.82) is 5.26 Å². The van der Waals surface area contributed by atoms with Gasteiger partial charge in [-0.3, -0.25) is 0 Å². The van der Waals surface area contributed by atoms with E-state index in [1.54, 1.807) is 12.1 Å². The largest absolute Gasteiger partial charge is 0.349 e. The summed E-state index contributed by atoms with van der Waals surface area (Å²) in [4.78, 5) is 0. The van der Waals surface area contributed by atoms with Gasteiger partial charge in [0.15, 0.2) is 0 Å². The van der Waals surface area contributed by atoms with Crippen LogP contribution in [0.15, 0.2) is 30.3 Å². The molecule has 0 unspecified atom stereocenters. The van der Waals surface area contributed by atoms with Gasteiger partial charge in [-0.25, -0.2) is 4.39 Å². The normalized spacial score (nSPS) is 11.4. The van der Waals surface area contributed by atoms with E-state index in [0.29, 0.717) is 5.57 Å². The number of nitriles is 1. The molecular weight excluding hydrogens is 251 g/mol. The number of aromatic nitrogens is 1. The molecule has 0 saturated heterocycles. The lowest BCUT2D eigenvalue weighted by molar-refractivity contribution is 0.627. The molecule has 1 aromatic heterocycles. The van der Waals surface area contributed by atoms with Crippen LogP contribution in [0.25, 0.3) is 11.6 Å². The number of benzene rings is 1. The van der Waals surface area contributed by atoms with Gasteiger partial charge in [-0.1, -0.05) is 12.1 Å². The summed E-state index contributed by atoms with van der Waals surface area (Å²) in [5.41, 5.74) is 4.62. The van der Waals surface area contributed by atoms with E-state index in [0.717, 1.165) is 23.4 Å². The lowest BCUT2D eigenvalue weighted by Crippen LogP contribution is -1.98. The molecule has 0 aliphatic carbocycles. The number of hydrogen-bond donors (Lipinski definition) is 0. The first-order valence-electron chi connectivity index (χ1n) is 6.61. The predicted molar refractivity (Wildman–Crippen MR) is 79.5 cm³/mol. The summed E-state index contributed by atoms with van der Waals surface area (Å²) in [7, 11) is 0. The Labute approximate surface area is 118 Å². The van der Waals surface area contributed by atoms with Crippen molar-refractivity contribution < 1.29 is 4.39 Å². The molecule has 0 atom stereocenters. The molecule has 0 radical (unpaired) electrons. The molecule has 0 N–H and O–H groups in total. The third-order valence-electron chi connectivity index (χ3n) is 3.50. The first-order chi connectivity index (χ1) is 9.56. The summed E-state index contributed by atoms with van der Waals surface area (Å²) in [5.74, 6) is -0.296. The molecule has 1 heterocycles. The zero-order chi connectivity index (χ0) is 14.7. The first-order valence-corrected chi connectivity index (χ1v) is 6.61. The van der Waals surface area contributed by atoms with Gasteiger partial charge in [0.2, 0.25) is 0 Å². The Hall–Kier alpha value is -2.34. The van der Waals surface area contributed by atoms with Crippen LogP contribution in [0.3, 0.4) is 0 Å². The summed E-state index contributed by atoms with van der Waals surface area (Å²) >= 11 is 0. The average Bonchev–Trinajstić information content (AvgIpc) is 2.71. The van der Waals surface area contributed by atoms with Gasteiger partial charge in [0.1, 0.15) is 5.82 Å². The van der Waals surface area contributed by atoms with Crippen LogP contribution in [-0.2, 0) is 6.54 Å². The second kappa shape index (κ2) is 5.75. The van der Waals surface area contributed by atoms with Crippen LogP contribution >= 0.6 is 0 Å². The molecule has 0 spiro atoms. The summed E-state index contributed by atoms with van der Waals surface area (Å²) in [6.07, 6.45) is 1.86. The fourth-order valence-electron chi connectivity index (χ4n) is 2.43. The summed E-state index contributed by atoms with van der Waals surface area (Å²) in [6, 6.07) is 10.3. The molecular formula is C17H17FN2. The summed E-state index contributed by atoms with van der Waals surface area (Å²) in [6.45, 7) is 7.10. The number of aryl methyl sites for hydroxylation is 1. The molecule has 2 aromatic rings. The van der Waals surface area contributed by atoms with Crippen LogP contribution in [0, 0.1) is 31.0 Å². The van der Waals surface area contributed by atoms with Crippen LogP contribution in [-0.4, -0.2) is 4.57 Å². The average molecular weight is 268 g/mol. The summed E-state index contributed by atoms with van der Waals surface area (Å²) in [5, 5.41) is 9.32. The predicted octanol–water partition coefficient (Wildman–Crippen LogP) is 4.33. The highest BCUT2D eigenvalue weighted by Gasteiger charge is 2.08. The zero-order valence-electron chi connectivity index (χ0n) is 11.9. The van der Waals surface area contributed by atoms with Gasteiger partial charge >= 0.3 is 0 Å². The minimum Gasteiger partial charge on any atom is -0.349 e. The first kappa shape index (κ1) is 14.1. The second-order valence-electron chi connectivity index (χ2n) is 4.75. The Morgan fingerprint density at radius 2 is 1.95 bits per heavy atom. The molecule has 0 fully saturated rings. The van der Waals surface area contributed by atoms with Gasteiger partial charge in [0.05, 0.1) is 11.6 Å². The third-order valence-corrected chi connectivity index (χ3v) is 3.50. The van der Waals surface area contributed by atoms with E-state index in [2.05, 4.69) is 30.6 Å². The highest BCUT2D eigenvalue weighted by Crippen LogP contribution is 2.22. The number of hydrogen-bond acceptors (Lipinski definition) is 1. The van der Waals surface area contributed by atoms with Crippen molar-refractivity contribution in [3.05, 3.63) is 58.7 Å². The SMILES string of the molecule is CCn1c(C)cc(C=C(C#N)c2ccc(F)cc2)c1C. The second-order valence-corrected chi connectivity index (χ2v) is 4.75. The Bertz CT molecular complexity index is 685. The molecule has 102 valence electrons. The quantitative estimate of drug-likeness (QED) is 0.762. The topological polar surface area (TPSA) is 28.7 Å². The maximum absolute atomic E-state index is 12.9. The lowest BCUT2D eigenvalue weighted by atomic mass is 10.0. The number of rotatable bonds is 3. The zero-order valence-corrected chi connectivity index (χ0v) is 11.9. The molecule has 1 aromatic carbocycles. The van der Waals surface area contributed by atoms with Crippen molar-refractivity contribution >= 4 is 11.6 Å². The van der Waals surface area contributed by atoms with Crippen LogP contribution in [0.2, 0.25) is 0 Å². The Balaban J connectivity index is 2.47. The molecule has 2 rings (SSSR count). The standard InChI is InChI=1S/C17H17FN2/c1-4-20-12(2)9-15(13(20)3)10-16(11-19)14-5-7-17(18)8-6-14/h5-10H,4H2,1-3H3. The minimum atomic E-state index is -0.296. The molecule has 2 nitrogen and oxygen atoms in total. The fourth-order valence-corrected chi connectivity index (χ4v) is 2.43. The van der Waals surface area contributed by atoms with Crippen LogP contribution < -0.4 is 0 Å². The van der Waals surface area contributed by atoms with Gasteiger partial charge < -0.3 is 4.57 Å². The summed E-state index contributed by atoms with van der Waals surface area (Å²) < 4.78 is 15.1. The van der Waals surface area contributed by atoms with Crippen molar-refractivity contribution in [2.45, 2.75) is 27.3 Å². The molecule has 3 heteroatoms. The Morgan fingerprint density at radius 1 is 1.30 bits per heavy atom. The van der Waals surface area contributed by atoms with E-state index in [9.17, 15) is 9.65 Å². The van der Waals surface area contributed by atoms with Crippen molar-refractivity contribution in [3.8, 4) is 6.07 Å². The van der Waals surface area contributed by atoms with Crippen LogP contribution in [0.1, 0.15) is 29.4 Å². The minimum absolute atomic E-state index is 0.296. The lowest BCUT2D eigenvalue weighted by Gasteiger charge is -2.05. The van der Waals surface area contributed by atoms with Crippen molar-refractivity contribution in [2.75, 3.05) is 0 Å². The van der Waals surface area contributed by atoms with Crippen molar-refractivity contribution in [1.82, 2.24) is 4.57 Å². The van der Waals surface area contributed by atoms with Gasteiger partial charge in [-0.2, -0.15) is 5.26 Å².